The number of rotatable bonds is 0. The number of hydrogen-bond donors (Lipinski definition) is 0. The average molecular weight is 439 g/mol. The summed E-state index contributed by atoms with van der Waals surface area (Å²) in [5.41, 5.74) is 3.27. The van der Waals surface area contributed by atoms with Gasteiger partial charge in [0, 0.05) is 18.3 Å². The van der Waals surface area contributed by atoms with Crippen LogP contribution in [0.15, 0.2) is 11.1 Å². The van der Waals surface area contributed by atoms with Gasteiger partial charge in [-0.05, 0) is 110 Å². The molecule has 8 unspecified atom stereocenters. The third-order valence-corrected chi connectivity index (χ3v) is 12.9. The summed E-state index contributed by atoms with van der Waals surface area (Å²) in [7, 11) is 0. The molecule has 0 aromatic rings. The van der Waals surface area contributed by atoms with E-state index in [2.05, 4.69) is 55.4 Å². The first-order chi connectivity index (χ1) is 14.7. The molecule has 5 saturated carbocycles. The van der Waals surface area contributed by atoms with Crippen LogP contribution in [0.1, 0.15) is 113 Å². The Bertz CT molecular complexity index is 906. The maximum absolute atomic E-state index is 13.2. The molecule has 0 aliphatic heterocycles. The average Bonchev–Trinajstić information content (AvgIpc) is 2.96. The van der Waals surface area contributed by atoms with Crippen LogP contribution < -0.4 is 0 Å². The van der Waals surface area contributed by atoms with Gasteiger partial charge >= 0.3 is 0 Å². The molecule has 8 atom stereocenters. The van der Waals surface area contributed by atoms with Crippen LogP contribution in [-0.2, 0) is 9.59 Å². The molecule has 5 rings (SSSR count). The standard InChI is InChI=1S/C30H46O2/c1-18(2)25-19-11-15-29(7)23(28(19,6)17-20(25)31)10-9-22-27(5)14-13-24(32)26(3,4)21(27)12-16-30(22,29)8/h19,21-23H,9-17H2,1-8H3. The van der Waals surface area contributed by atoms with Gasteiger partial charge in [0.25, 0.3) is 0 Å². The van der Waals surface area contributed by atoms with Gasteiger partial charge in [0.15, 0.2) is 5.78 Å². The van der Waals surface area contributed by atoms with Gasteiger partial charge in [-0.25, -0.2) is 0 Å². The zero-order valence-corrected chi connectivity index (χ0v) is 22.0. The summed E-state index contributed by atoms with van der Waals surface area (Å²) >= 11 is 0. The Labute approximate surface area is 196 Å². The van der Waals surface area contributed by atoms with E-state index in [0.717, 1.165) is 19.3 Å². The number of carbonyl (C=O) groups excluding carboxylic acids is 2. The van der Waals surface area contributed by atoms with Crippen LogP contribution in [0.3, 0.4) is 0 Å². The van der Waals surface area contributed by atoms with Crippen LogP contribution >= 0.6 is 0 Å². The molecule has 0 bridgehead atoms. The van der Waals surface area contributed by atoms with Gasteiger partial charge in [0.1, 0.15) is 5.78 Å². The minimum atomic E-state index is -0.175. The maximum atomic E-state index is 13.2. The van der Waals surface area contributed by atoms with Gasteiger partial charge in [-0.2, -0.15) is 0 Å². The van der Waals surface area contributed by atoms with E-state index in [1.54, 1.807) is 0 Å². The first-order valence-corrected chi connectivity index (χ1v) is 13.5. The van der Waals surface area contributed by atoms with E-state index in [1.165, 1.54) is 49.7 Å². The van der Waals surface area contributed by atoms with Crippen LogP contribution in [-0.4, -0.2) is 11.6 Å². The van der Waals surface area contributed by atoms with Gasteiger partial charge in [-0.3, -0.25) is 9.59 Å². The fourth-order valence-corrected chi connectivity index (χ4v) is 11.3. The predicted octanol–water partition coefficient (Wildman–Crippen LogP) is 7.56. The smallest absolute Gasteiger partial charge is 0.159 e. The van der Waals surface area contributed by atoms with Gasteiger partial charge in [0.2, 0.25) is 0 Å². The van der Waals surface area contributed by atoms with E-state index in [-0.39, 0.29) is 21.7 Å². The summed E-state index contributed by atoms with van der Waals surface area (Å²) in [5.74, 6) is 3.26. The van der Waals surface area contributed by atoms with Crippen molar-refractivity contribution in [3.05, 3.63) is 11.1 Å². The second-order valence-electron chi connectivity index (χ2n) is 14.4. The van der Waals surface area contributed by atoms with Crippen molar-refractivity contribution in [1.29, 1.82) is 0 Å². The van der Waals surface area contributed by atoms with Gasteiger partial charge < -0.3 is 0 Å². The number of allylic oxidation sites excluding steroid dienone is 2. The van der Waals surface area contributed by atoms with Gasteiger partial charge in [0.05, 0.1) is 0 Å². The third kappa shape index (κ3) is 2.48. The maximum Gasteiger partial charge on any atom is 0.159 e. The normalized spacial score (nSPS) is 52.1. The van der Waals surface area contributed by atoms with Gasteiger partial charge in [-0.1, -0.05) is 47.1 Å². The van der Waals surface area contributed by atoms with Crippen molar-refractivity contribution in [1.82, 2.24) is 0 Å². The Hall–Kier alpha value is -0.920. The van der Waals surface area contributed by atoms with Crippen LogP contribution in [0.5, 0.6) is 0 Å². The molecule has 0 spiro atoms. The molecule has 0 radical (unpaired) electrons. The summed E-state index contributed by atoms with van der Waals surface area (Å²) in [5, 5.41) is 0. The lowest BCUT2D eigenvalue weighted by Gasteiger charge is -2.72. The zero-order chi connectivity index (χ0) is 23.5. The molecule has 5 aliphatic rings. The molecule has 2 nitrogen and oxygen atoms in total. The first kappa shape index (κ1) is 22.9. The Morgan fingerprint density at radius 1 is 0.719 bits per heavy atom. The van der Waals surface area contributed by atoms with Crippen molar-refractivity contribution >= 4 is 11.6 Å². The first-order valence-electron chi connectivity index (χ1n) is 13.5. The SMILES string of the molecule is CC(C)=C1C(=O)CC2(C)C1CCC1(C)C2CCC2C3(C)CCC(=O)C(C)(C)C3CCC21C. The molecule has 5 aliphatic carbocycles. The highest BCUT2D eigenvalue weighted by Crippen LogP contribution is 2.77. The molecule has 0 aromatic heterocycles. The molecule has 0 aromatic carbocycles. The predicted molar refractivity (Wildman–Crippen MR) is 130 cm³/mol. The number of Topliss-reactive ketones (excluding diaryl/α,β-unsaturated/α-hetero) is 2. The zero-order valence-electron chi connectivity index (χ0n) is 22.0. The summed E-state index contributed by atoms with van der Waals surface area (Å²) in [6.45, 7) is 19.1. The largest absolute Gasteiger partial charge is 0.299 e. The van der Waals surface area contributed by atoms with Crippen LogP contribution in [0, 0.1) is 50.7 Å². The highest BCUT2D eigenvalue weighted by Gasteiger charge is 2.71. The minimum Gasteiger partial charge on any atom is -0.299 e. The number of ketones is 2. The minimum absolute atomic E-state index is 0.129. The summed E-state index contributed by atoms with van der Waals surface area (Å²) < 4.78 is 0. The van der Waals surface area contributed by atoms with E-state index < -0.39 is 0 Å². The molecule has 0 N–H and O–H groups in total. The van der Waals surface area contributed by atoms with E-state index >= 15 is 0 Å². The second-order valence-corrected chi connectivity index (χ2v) is 14.4. The van der Waals surface area contributed by atoms with Crippen molar-refractivity contribution < 1.29 is 9.59 Å². The lowest BCUT2D eigenvalue weighted by molar-refractivity contribution is -0.235. The molecular weight excluding hydrogens is 392 g/mol. The Balaban J connectivity index is 1.56. The highest BCUT2D eigenvalue weighted by atomic mass is 16.1. The number of carbonyl (C=O) groups is 2. The van der Waals surface area contributed by atoms with Crippen LogP contribution in [0.2, 0.25) is 0 Å². The summed E-state index contributed by atoms with van der Waals surface area (Å²) in [6.07, 6.45) is 10.1. The topological polar surface area (TPSA) is 34.1 Å². The number of hydrogen-bond acceptors (Lipinski definition) is 2. The van der Waals surface area contributed by atoms with E-state index in [4.69, 9.17) is 0 Å². The molecule has 0 amide bonds. The monoisotopic (exact) mass is 438 g/mol. The summed E-state index contributed by atoms with van der Waals surface area (Å²) in [6, 6.07) is 0. The molecule has 32 heavy (non-hydrogen) atoms. The molecule has 0 heterocycles. The molecular formula is C30H46O2. The Morgan fingerprint density at radius 2 is 1.28 bits per heavy atom. The third-order valence-electron chi connectivity index (χ3n) is 12.9. The van der Waals surface area contributed by atoms with Crippen LogP contribution in [0.4, 0.5) is 0 Å². The molecule has 0 saturated heterocycles. The lowest BCUT2D eigenvalue weighted by atomic mass is 9.32. The lowest BCUT2D eigenvalue weighted by Crippen LogP contribution is -2.66. The van der Waals surface area contributed by atoms with Crippen LogP contribution in [0.25, 0.3) is 0 Å². The van der Waals surface area contributed by atoms with Crippen molar-refractivity contribution in [3.63, 3.8) is 0 Å². The van der Waals surface area contributed by atoms with Crippen molar-refractivity contribution in [2.75, 3.05) is 0 Å². The van der Waals surface area contributed by atoms with Gasteiger partial charge in [-0.15, -0.1) is 0 Å². The van der Waals surface area contributed by atoms with E-state index in [9.17, 15) is 9.59 Å². The quantitative estimate of drug-likeness (QED) is 0.366. The highest BCUT2D eigenvalue weighted by molar-refractivity contribution is 5.99. The fraction of sp³-hybridized carbons (Fsp3) is 0.867. The second kappa shape index (κ2) is 6.60. The molecule has 5 fully saturated rings. The van der Waals surface area contributed by atoms with Crippen molar-refractivity contribution in [2.24, 2.45) is 50.7 Å². The number of fused-ring (bicyclic) bond motifs is 7. The fourth-order valence-electron chi connectivity index (χ4n) is 11.3. The van der Waals surface area contributed by atoms with Crippen molar-refractivity contribution in [3.8, 4) is 0 Å². The molecule has 2 heteroatoms. The Kier molecular flexibility index (Phi) is 4.71. The van der Waals surface area contributed by atoms with E-state index in [0.29, 0.717) is 40.7 Å². The summed E-state index contributed by atoms with van der Waals surface area (Å²) in [4.78, 5) is 26.1. The molecule has 178 valence electrons. The van der Waals surface area contributed by atoms with E-state index in [1.807, 2.05) is 0 Å². The Morgan fingerprint density at radius 3 is 1.88 bits per heavy atom. The van der Waals surface area contributed by atoms with Crippen molar-refractivity contribution in [2.45, 2.75) is 113 Å².